The molecule has 5 N–H and O–H groups in total. The molecule has 0 bridgehead atoms. The summed E-state index contributed by atoms with van der Waals surface area (Å²) >= 11 is 18.5. The molecule has 2 aromatic carbocycles. The summed E-state index contributed by atoms with van der Waals surface area (Å²) in [6.45, 7) is 1.14. The number of carboxylic acids is 1. The molecule has 156 valence electrons. The average Bonchev–Trinajstić information content (AvgIpc) is 2.66. The topological polar surface area (TPSA) is 96.6 Å². The quantitative estimate of drug-likeness (QED) is 0.213. The number of aliphatic carboxylic acids is 1. The standard InChI is InChI=1S/C19H21Cl2N3O3S2/c20-13-3-5-16(12(10-13)2-1-8-23-9-7-18(25)26)27-17-6-4-14(11-15(17)21)29-24-19(22)28/h3-6,10-11,23H,1-2,7-9H2,(H,25,26)(H3,22,24,28). The lowest BCUT2D eigenvalue weighted by molar-refractivity contribution is -0.136. The maximum Gasteiger partial charge on any atom is 0.304 e. The maximum absolute atomic E-state index is 10.5. The number of hydrogen-bond donors (Lipinski definition) is 4. The van der Waals surface area contributed by atoms with Gasteiger partial charge < -0.3 is 25.6 Å². The number of ether oxygens (including phenoxy) is 1. The van der Waals surface area contributed by atoms with Gasteiger partial charge in [-0.25, -0.2) is 0 Å². The van der Waals surface area contributed by atoms with Gasteiger partial charge in [0.25, 0.3) is 0 Å². The number of hydrogen-bond acceptors (Lipinski definition) is 5. The fourth-order valence-electron chi connectivity index (χ4n) is 2.42. The van der Waals surface area contributed by atoms with Crippen LogP contribution >= 0.6 is 47.4 Å². The molecule has 10 heteroatoms. The minimum Gasteiger partial charge on any atom is -0.481 e. The van der Waals surface area contributed by atoms with E-state index in [0.717, 1.165) is 23.3 Å². The van der Waals surface area contributed by atoms with Gasteiger partial charge in [0.15, 0.2) is 5.11 Å². The lowest BCUT2D eigenvalue weighted by Gasteiger charge is -2.14. The highest BCUT2D eigenvalue weighted by Gasteiger charge is 2.10. The molecule has 0 spiro atoms. The third-order valence-electron chi connectivity index (χ3n) is 3.73. The average molecular weight is 474 g/mol. The Bertz CT molecular complexity index is 869. The fraction of sp³-hybridized carbons (Fsp3) is 0.263. The molecule has 0 saturated carbocycles. The van der Waals surface area contributed by atoms with Crippen LogP contribution < -0.4 is 20.5 Å². The Hall–Kier alpha value is -1.71. The van der Waals surface area contributed by atoms with E-state index in [0.29, 0.717) is 34.6 Å². The minimum atomic E-state index is -0.814. The van der Waals surface area contributed by atoms with Gasteiger partial charge in [0, 0.05) is 16.5 Å². The molecule has 2 rings (SSSR count). The molecule has 6 nitrogen and oxygen atoms in total. The number of thiocarbonyl (C=S) groups is 1. The summed E-state index contributed by atoms with van der Waals surface area (Å²) in [4.78, 5) is 11.4. The maximum atomic E-state index is 10.5. The minimum absolute atomic E-state index is 0.102. The van der Waals surface area contributed by atoms with Gasteiger partial charge >= 0.3 is 5.97 Å². The summed E-state index contributed by atoms with van der Waals surface area (Å²) < 4.78 is 8.81. The van der Waals surface area contributed by atoms with Gasteiger partial charge in [-0.2, -0.15) is 0 Å². The van der Waals surface area contributed by atoms with Gasteiger partial charge in [-0.15, -0.1) is 0 Å². The van der Waals surface area contributed by atoms with Crippen molar-refractivity contribution in [3.8, 4) is 11.5 Å². The van der Waals surface area contributed by atoms with Gasteiger partial charge in [-0.3, -0.25) is 4.79 Å². The van der Waals surface area contributed by atoms with Crippen LogP contribution in [-0.4, -0.2) is 29.3 Å². The summed E-state index contributed by atoms with van der Waals surface area (Å²) in [6, 6.07) is 10.8. The SMILES string of the molecule is NC(=S)NSc1ccc(Oc2ccc(Cl)cc2CCCNCCC(=O)O)c(Cl)c1. The van der Waals surface area contributed by atoms with Crippen LogP contribution in [0.2, 0.25) is 10.0 Å². The molecule has 0 aromatic heterocycles. The fourth-order valence-corrected chi connectivity index (χ4v) is 3.56. The molecule has 0 heterocycles. The monoisotopic (exact) mass is 473 g/mol. The van der Waals surface area contributed by atoms with Crippen molar-refractivity contribution in [2.75, 3.05) is 13.1 Å². The second kappa shape index (κ2) is 12.1. The number of benzene rings is 2. The summed E-state index contributed by atoms with van der Waals surface area (Å²) in [5.41, 5.74) is 6.37. The van der Waals surface area contributed by atoms with E-state index in [1.54, 1.807) is 18.2 Å². The Balaban J connectivity index is 1.99. The summed E-state index contributed by atoms with van der Waals surface area (Å²) in [7, 11) is 0. The Morgan fingerprint density at radius 1 is 1.17 bits per heavy atom. The summed E-state index contributed by atoms with van der Waals surface area (Å²) in [6.07, 6.45) is 1.63. The molecule has 0 aliphatic heterocycles. The molecule has 2 aromatic rings. The van der Waals surface area contributed by atoms with E-state index in [4.69, 9.17) is 51.0 Å². The molecule has 0 aliphatic rings. The summed E-state index contributed by atoms with van der Waals surface area (Å²) in [5, 5.41) is 13.0. The number of rotatable bonds is 11. The van der Waals surface area contributed by atoms with Crippen LogP contribution in [0.15, 0.2) is 41.3 Å². The van der Waals surface area contributed by atoms with Crippen molar-refractivity contribution in [1.29, 1.82) is 0 Å². The van der Waals surface area contributed by atoms with Crippen molar-refractivity contribution in [2.45, 2.75) is 24.2 Å². The molecular weight excluding hydrogens is 453 g/mol. The van der Waals surface area contributed by atoms with Crippen molar-refractivity contribution in [2.24, 2.45) is 5.73 Å². The number of nitrogens with one attached hydrogen (secondary N) is 2. The van der Waals surface area contributed by atoms with E-state index in [-0.39, 0.29) is 11.5 Å². The lowest BCUT2D eigenvalue weighted by atomic mass is 10.1. The molecule has 0 fully saturated rings. The van der Waals surface area contributed by atoms with Gasteiger partial charge in [-0.05, 0) is 85.5 Å². The Kier molecular flexibility index (Phi) is 9.83. The first kappa shape index (κ1) is 23.6. The molecule has 29 heavy (non-hydrogen) atoms. The molecule has 0 unspecified atom stereocenters. The predicted molar refractivity (Wildman–Crippen MR) is 122 cm³/mol. The summed E-state index contributed by atoms with van der Waals surface area (Å²) in [5.74, 6) is 0.379. The number of carboxylic acid groups (broad SMARTS) is 1. The number of nitrogens with two attached hydrogens (primary N) is 1. The van der Waals surface area contributed by atoms with E-state index in [1.165, 1.54) is 11.9 Å². The number of carbonyl (C=O) groups is 1. The molecule has 0 amide bonds. The lowest BCUT2D eigenvalue weighted by Crippen LogP contribution is -2.22. The van der Waals surface area contributed by atoms with Crippen LogP contribution in [-0.2, 0) is 11.2 Å². The molecule has 0 saturated heterocycles. The predicted octanol–water partition coefficient (Wildman–Crippen LogP) is 4.62. The second-order valence-corrected chi connectivity index (χ2v) is 8.18. The van der Waals surface area contributed by atoms with Crippen LogP contribution in [0.4, 0.5) is 0 Å². The van der Waals surface area contributed by atoms with Gasteiger partial charge in [0.05, 0.1) is 11.4 Å². The Morgan fingerprint density at radius 3 is 2.62 bits per heavy atom. The first-order valence-corrected chi connectivity index (χ1v) is 10.7. The first-order valence-electron chi connectivity index (χ1n) is 8.76. The van der Waals surface area contributed by atoms with Gasteiger partial charge in [0.2, 0.25) is 0 Å². The number of aryl methyl sites for hydroxylation is 1. The van der Waals surface area contributed by atoms with E-state index < -0.39 is 5.97 Å². The van der Waals surface area contributed by atoms with Crippen molar-refractivity contribution < 1.29 is 14.6 Å². The van der Waals surface area contributed by atoms with Crippen LogP contribution in [0.5, 0.6) is 11.5 Å². The van der Waals surface area contributed by atoms with Gasteiger partial charge in [-0.1, -0.05) is 23.2 Å². The zero-order valence-corrected chi connectivity index (χ0v) is 18.6. The third-order valence-corrected chi connectivity index (χ3v) is 5.30. The van der Waals surface area contributed by atoms with Crippen LogP contribution in [0.25, 0.3) is 0 Å². The normalized spacial score (nSPS) is 10.6. The molecule has 0 aliphatic carbocycles. The van der Waals surface area contributed by atoms with E-state index in [9.17, 15) is 4.79 Å². The van der Waals surface area contributed by atoms with Crippen LogP contribution in [0.3, 0.4) is 0 Å². The zero-order valence-electron chi connectivity index (χ0n) is 15.4. The number of halogens is 2. The largest absolute Gasteiger partial charge is 0.481 e. The van der Waals surface area contributed by atoms with Crippen molar-refractivity contribution in [3.63, 3.8) is 0 Å². The van der Waals surface area contributed by atoms with Crippen molar-refractivity contribution >= 4 is 58.4 Å². The van der Waals surface area contributed by atoms with Crippen LogP contribution in [0.1, 0.15) is 18.4 Å². The van der Waals surface area contributed by atoms with E-state index >= 15 is 0 Å². The highest BCUT2D eigenvalue weighted by molar-refractivity contribution is 7.99. The smallest absolute Gasteiger partial charge is 0.304 e. The van der Waals surface area contributed by atoms with E-state index in [1.807, 2.05) is 18.2 Å². The highest BCUT2D eigenvalue weighted by Crippen LogP contribution is 2.35. The molecular formula is C19H21Cl2N3O3S2. The first-order chi connectivity index (χ1) is 13.8. The van der Waals surface area contributed by atoms with E-state index in [2.05, 4.69) is 10.0 Å². The van der Waals surface area contributed by atoms with Crippen molar-refractivity contribution in [1.82, 2.24) is 10.0 Å². The Morgan fingerprint density at radius 2 is 1.93 bits per heavy atom. The Labute approximate surface area is 189 Å². The van der Waals surface area contributed by atoms with Crippen LogP contribution in [0, 0.1) is 0 Å². The van der Waals surface area contributed by atoms with Crippen molar-refractivity contribution in [3.05, 3.63) is 52.0 Å². The second-order valence-electron chi connectivity index (χ2n) is 6.01. The molecule has 0 atom stereocenters. The van der Waals surface area contributed by atoms with Gasteiger partial charge in [0.1, 0.15) is 11.5 Å². The zero-order chi connectivity index (χ0) is 21.2. The molecule has 0 radical (unpaired) electrons. The third kappa shape index (κ3) is 8.67. The highest BCUT2D eigenvalue weighted by atomic mass is 35.5.